The number of carbonyl (C=O) groups is 2. The van der Waals surface area contributed by atoms with Crippen molar-refractivity contribution in [2.24, 2.45) is 0 Å². The summed E-state index contributed by atoms with van der Waals surface area (Å²) in [5.41, 5.74) is 0.313. The lowest BCUT2D eigenvalue weighted by Crippen LogP contribution is -2.52. The maximum Gasteiger partial charge on any atom is 0.270 e. The zero-order valence-electron chi connectivity index (χ0n) is 19.1. The molecule has 0 radical (unpaired) electrons. The van der Waals surface area contributed by atoms with E-state index in [1.807, 2.05) is 0 Å². The third-order valence-electron chi connectivity index (χ3n) is 5.41. The van der Waals surface area contributed by atoms with Crippen LogP contribution in [0, 0.1) is 10.1 Å². The SMILES string of the molecule is CCOc1ccccc1NC(=O)C[C@@H]1C(=O)Nc2ccccc2N1S(=O)(=O)c1cccc([N+](=O)[O-])c1. The molecule has 3 aromatic rings. The Labute approximate surface area is 206 Å². The van der Waals surface area contributed by atoms with Gasteiger partial charge in [-0.05, 0) is 37.3 Å². The summed E-state index contributed by atoms with van der Waals surface area (Å²) < 4.78 is 33.8. The average Bonchev–Trinajstić information content (AvgIpc) is 2.85. The van der Waals surface area contributed by atoms with Crippen molar-refractivity contribution >= 4 is 44.6 Å². The summed E-state index contributed by atoms with van der Waals surface area (Å²) in [5, 5.41) is 16.5. The molecule has 0 aliphatic carbocycles. The van der Waals surface area contributed by atoms with Gasteiger partial charge in [0.2, 0.25) is 11.8 Å². The largest absolute Gasteiger partial charge is 0.492 e. The number of hydrogen-bond acceptors (Lipinski definition) is 7. The molecule has 1 aliphatic heterocycles. The van der Waals surface area contributed by atoms with Gasteiger partial charge in [0.15, 0.2) is 0 Å². The lowest BCUT2D eigenvalue weighted by Gasteiger charge is -2.36. The normalized spacial score (nSPS) is 15.0. The highest BCUT2D eigenvalue weighted by molar-refractivity contribution is 7.93. The molecule has 2 N–H and O–H groups in total. The highest BCUT2D eigenvalue weighted by atomic mass is 32.2. The molecule has 0 fully saturated rings. The Kier molecular flexibility index (Phi) is 6.88. The van der Waals surface area contributed by atoms with Gasteiger partial charge in [0.1, 0.15) is 11.8 Å². The van der Waals surface area contributed by atoms with Crippen LogP contribution in [0.4, 0.5) is 22.7 Å². The van der Waals surface area contributed by atoms with E-state index < -0.39 is 44.9 Å². The molecule has 1 atom stereocenters. The molecule has 2 amide bonds. The number of para-hydroxylation sites is 4. The molecule has 11 nitrogen and oxygen atoms in total. The van der Waals surface area contributed by atoms with Crippen LogP contribution in [0.15, 0.2) is 77.7 Å². The van der Waals surface area contributed by atoms with Crippen LogP contribution in [-0.4, -0.2) is 37.8 Å². The summed E-state index contributed by atoms with van der Waals surface area (Å²) in [6, 6.07) is 16.0. The van der Waals surface area contributed by atoms with E-state index >= 15 is 0 Å². The van der Waals surface area contributed by atoms with E-state index in [0.717, 1.165) is 16.4 Å². The van der Waals surface area contributed by atoms with Gasteiger partial charge in [-0.2, -0.15) is 0 Å². The number of ether oxygens (including phenoxy) is 1. The fourth-order valence-electron chi connectivity index (χ4n) is 3.83. The second-order valence-corrected chi connectivity index (χ2v) is 9.57. The summed E-state index contributed by atoms with van der Waals surface area (Å²) in [4.78, 5) is 36.2. The third kappa shape index (κ3) is 4.84. The van der Waals surface area contributed by atoms with Crippen LogP contribution < -0.4 is 19.7 Å². The number of nitrogens with zero attached hydrogens (tertiary/aromatic N) is 2. The quantitative estimate of drug-likeness (QED) is 0.348. The molecule has 0 bridgehead atoms. The number of nitrogens with one attached hydrogen (secondary N) is 2. The molecular weight excluding hydrogens is 488 g/mol. The van der Waals surface area contributed by atoms with E-state index in [2.05, 4.69) is 10.6 Å². The molecule has 36 heavy (non-hydrogen) atoms. The van der Waals surface area contributed by atoms with Crippen LogP contribution in [-0.2, 0) is 19.6 Å². The fourth-order valence-corrected chi connectivity index (χ4v) is 5.50. The molecule has 3 aromatic carbocycles. The Bertz CT molecular complexity index is 1440. The highest BCUT2D eigenvalue weighted by Crippen LogP contribution is 2.38. The van der Waals surface area contributed by atoms with Crippen LogP contribution in [0.3, 0.4) is 0 Å². The number of non-ortho nitro benzene ring substituents is 1. The van der Waals surface area contributed by atoms with Gasteiger partial charge >= 0.3 is 0 Å². The van der Waals surface area contributed by atoms with Crippen LogP contribution in [0.5, 0.6) is 5.75 Å². The second-order valence-electron chi connectivity index (χ2n) is 7.76. The topological polar surface area (TPSA) is 148 Å². The lowest BCUT2D eigenvalue weighted by molar-refractivity contribution is -0.385. The van der Waals surface area contributed by atoms with Gasteiger partial charge in [-0.1, -0.05) is 30.3 Å². The van der Waals surface area contributed by atoms with E-state index in [-0.39, 0.29) is 16.3 Å². The number of hydrogen-bond donors (Lipinski definition) is 2. The fraction of sp³-hybridized carbons (Fsp3) is 0.167. The molecule has 4 rings (SSSR count). The van der Waals surface area contributed by atoms with E-state index in [1.54, 1.807) is 43.3 Å². The molecule has 0 aromatic heterocycles. The van der Waals surface area contributed by atoms with Crippen molar-refractivity contribution in [3.8, 4) is 5.75 Å². The standard InChI is InChI=1S/C24H22N4O7S/c1-2-35-22-13-6-4-11-19(22)25-23(29)15-21-24(30)26-18-10-3-5-12-20(18)27(21)36(33,34)17-9-7-8-16(14-17)28(31)32/h3-14,21H,2,15H2,1H3,(H,25,29)(H,26,30)/t21-/m1/s1. The maximum atomic E-state index is 13.7. The number of nitro groups is 1. The molecule has 12 heteroatoms. The van der Waals surface area contributed by atoms with Crippen LogP contribution in [0.1, 0.15) is 13.3 Å². The van der Waals surface area contributed by atoms with Crippen LogP contribution in [0.25, 0.3) is 0 Å². The Morgan fingerprint density at radius 1 is 1.11 bits per heavy atom. The monoisotopic (exact) mass is 510 g/mol. The number of fused-ring (bicyclic) bond motifs is 1. The summed E-state index contributed by atoms with van der Waals surface area (Å²) in [5.74, 6) is -0.912. The summed E-state index contributed by atoms with van der Waals surface area (Å²) in [7, 11) is -4.49. The van der Waals surface area contributed by atoms with Gasteiger partial charge in [-0.25, -0.2) is 8.42 Å². The predicted molar refractivity (Wildman–Crippen MR) is 132 cm³/mol. The molecule has 1 heterocycles. The van der Waals surface area contributed by atoms with Crippen LogP contribution in [0.2, 0.25) is 0 Å². The minimum Gasteiger partial charge on any atom is -0.492 e. The Morgan fingerprint density at radius 2 is 1.83 bits per heavy atom. The van der Waals surface area contributed by atoms with Crippen molar-refractivity contribution in [2.75, 3.05) is 21.5 Å². The maximum absolute atomic E-state index is 13.7. The first-order chi connectivity index (χ1) is 17.2. The minimum atomic E-state index is -4.49. The van der Waals surface area contributed by atoms with Gasteiger partial charge in [0, 0.05) is 12.1 Å². The number of anilines is 3. The van der Waals surface area contributed by atoms with Crippen molar-refractivity contribution in [3.05, 3.63) is 82.9 Å². The Balaban J connectivity index is 1.72. The minimum absolute atomic E-state index is 0.135. The van der Waals surface area contributed by atoms with Crippen molar-refractivity contribution < 1.29 is 27.7 Å². The van der Waals surface area contributed by atoms with Gasteiger partial charge in [-0.15, -0.1) is 0 Å². The van der Waals surface area contributed by atoms with Crippen LogP contribution >= 0.6 is 0 Å². The first kappa shape index (κ1) is 24.7. The molecule has 186 valence electrons. The predicted octanol–water partition coefficient (Wildman–Crippen LogP) is 3.54. The summed E-state index contributed by atoms with van der Waals surface area (Å²) >= 11 is 0. The summed E-state index contributed by atoms with van der Waals surface area (Å²) in [6.45, 7) is 2.16. The van der Waals surface area contributed by atoms with Crippen molar-refractivity contribution in [3.63, 3.8) is 0 Å². The number of nitro benzene ring substituents is 1. The number of amides is 2. The second kappa shape index (κ2) is 10.0. The van der Waals surface area contributed by atoms with E-state index in [0.29, 0.717) is 18.0 Å². The van der Waals surface area contributed by atoms with E-state index in [9.17, 15) is 28.1 Å². The van der Waals surface area contributed by atoms with Gasteiger partial charge in [0.05, 0.1) is 39.9 Å². The van der Waals surface area contributed by atoms with Gasteiger partial charge < -0.3 is 15.4 Å². The van der Waals surface area contributed by atoms with Crippen molar-refractivity contribution in [1.29, 1.82) is 0 Å². The third-order valence-corrected chi connectivity index (χ3v) is 7.23. The molecule has 1 aliphatic rings. The lowest BCUT2D eigenvalue weighted by atomic mass is 10.1. The zero-order valence-corrected chi connectivity index (χ0v) is 19.9. The van der Waals surface area contributed by atoms with Gasteiger partial charge in [0.25, 0.3) is 15.7 Å². The summed E-state index contributed by atoms with van der Waals surface area (Å²) in [6.07, 6.45) is -0.519. The molecular formula is C24H22N4O7S. The average molecular weight is 511 g/mol. The number of rotatable bonds is 8. The Morgan fingerprint density at radius 3 is 2.58 bits per heavy atom. The first-order valence-corrected chi connectivity index (χ1v) is 12.4. The zero-order chi connectivity index (χ0) is 25.9. The Hall–Kier alpha value is -4.45. The van der Waals surface area contributed by atoms with Crippen molar-refractivity contribution in [2.45, 2.75) is 24.3 Å². The first-order valence-electron chi connectivity index (χ1n) is 10.9. The molecule has 0 saturated carbocycles. The van der Waals surface area contributed by atoms with Gasteiger partial charge in [-0.3, -0.25) is 24.0 Å². The van der Waals surface area contributed by atoms with E-state index in [1.165, 1.54) is 24.3 Å². The molecule has 0 saturated heterocycles. The highest BCUT2D eigenvalue weighted by Gasteiger charge is 2.42. The molecule has 0 unspecified atom stereocenters. The number of sulfonamides is 1. The molecule has 0 spiro atoms. The number of carbonyl (C=O) groups excluding carboxylic acids is 2. The number of benzene rings is 3. The smallest absolute Gasteiger partial charge is 0.270 e. The van der Waals surface area contributed by atoms with Crippen molar-refractivity contribution in [1.82, 2.24) is 0 Å². The van der Waals surface area contributed by atoms with E-state index in [4.69, 9.17) is 4.74 Å².